The molecule has 164 valence electrons. The molecule has 0 bridgehead atoms. The van der Waals surface area contributed by atoms with Crippen LogP contribution in [0.3, 0.4) is 0 Å². The monoisotopic (exact) mass is 427 g/mol. The van der Waals surface area contributed by atoms with Crippen molar-refractivity contribution in [2.75, 3.05) is 56.2 Å². The second-order valence-electron chi connectivity index (χ2n) is 7.43. The Balaban J connectivity index is 1.32. The number of nitrogens with zero attached hydrogens (tertiary/aromatic N) is 7. The minimum Gasteiger partial charge on any atom is -0.416 e. The lowest BCUT2D eigenvalue weighted by molar-refractivity contribution is -0.157. The Morgan fingerprint density at radius 1 is 1.13 bits per heavy atom. The van der Waals surface area contributed by atoms with Crippen LogP contribution < -0.4 is 9.80 Å². The molecule has 9 nitrogen and oxygen atoms in total. The van der Waals surface area contributed by atoms with E-state index >= 15 is 0 Å². The second-order valence-corrected chi connectivity index (χ2v) is 7.43. The average molecular weight is 427 g/mol. The van der Waals surface area contributed by atoms with E-state index in [2.05, 4.69) is 25.0 Å². The van der Waals surface area contributed by atoms with Crippen molar-refractivity contribution in [2.24, 2.45) is 0 Å². The highest BCUT2D eigenvalue weighted by atomic mass is 19.4. The number of rotatable bonds is 5. The molecule has 0 radical (unpaired) electrons. The molecule has 0 aliphatic carbocycles. The van der Waals surface area contributed by atoms with Gasteiger partial charge in [-0.05, 0) is 18.9 Å². The molecule has 0 atom stereocenters. The molecule has 4 heterocycles. The zero-order valence-corrected chi connectivity index (χ0v) is 16.7. The summed E-state index contributed by atoms with van der Waals surface area (Å²) < 4.78 is 47.9. The summed E-state index contributed by atoms with van der Waals surface area (Å²) in [6.07, 6.45) is -1.13. The van der Waals surface area contributed by atoms with E-state index < -0.39 is 12.1 Å². The van der Waals surface area contributed by atoms with Crippen LogP contribution in [0.5, 0.6) is 0 Å². The van der Waals surface area contributed by atoms with Crippen LogP contribution in [0.1, 0.15) is 24.6 Å². The largest absolute Gasteiger partial charge is 0.470 e. The highest BCUT2D eigenvalue weighted by Crippen LogP contribution is 2.28. The van der Waals surface area contributed by atoms with Crippen molar-refractivity contribution in [2.45, 2.75) is 31.6 Å². The summed E-state index contributed by atoms with van der Waals surface area (Å²) in [7, 11) is 2.01. The van der Waals surface area contributed by atoms with Crippen LogP contribution in [0, 0.1) is 0 Å². The van der Waals surface area contributed by atoms with Crippen molar-refractivity contribution in [3.63, 3.8) is 0 Å². The quantitative estimate of drug-likeness (QED) is 0.709. The molecule has 0 spiro atoms. The van der Waals surface area contributed by atoms with Gasteiger partial charge in [-0.15, -0.1) is 10.2 Å². The van der Waals surface area contributed by atoms with Crippen molar-refractivity contribution >= 4 is 11.8 Å². The van der Waals surface area contributed by atoms with Gasteiger partial charge in [0, 0.05) is 45.5 Å². The van der Waals surface area contributed by atoms with Crippen LogP contribution in [0.15, 0.2) is 16.7 Å². The maximum atomic E-state index is 12.6. The lowest BCUT2D eigenvalue weighted by Gasteiger charge is -2.37. The molecule has 0 saturated carbocycles. The summed E-state index contributed by atoms with van der Waals surface area (Å²) >= 11 is 0. The fourth-order valence-electron chi connectivity index (χ4n) is 3.73. The Morgan fingerprint density at radius 2 is 1.87 bits per heavy atom. The van der Waals surface area contributed by atoms with E-state index in [4.69, 9.17) is 14.1 Å². The Kier molecular flexibility index (Phi) is 6.04. The Bertz CT molecular complexity index is 833. The lowest BCUT2D eigenvalue weighted by atomic mass is 10.0. The molecule has 0 amide bonds. The number of hydrogen-bond acceptors (Lipinski definition) is 9. The molecule has 2 aliphatic rings. The zero-order chi connectivity index (χ0) is 21.1. The molecule has 2 aromatic rings. The summed E-state index contributed by atoms with van der Waals surface area (Å²) in [5.74, 6) is 0.251. The number of hydrogen-bond donors (Lipinski definition) is 0. The van der Waals surface area contributed by atoms with Crippen molar-refractivity contribution in [3.8, 4) is 0 Å². The molecule has 4 rings (SSSR count). The van der Waals surface area contributed by atoms with Crippen molar-refractivity contribution in [1.29, 1.82) is 0 Å². The highest BCUT2D eigenvalue weighted by molar-refractivity contribution is 5.44. The second kappa shape index (κ2) is 8.72. The standard InChI is InChI=1S/C18H24F3N7O2/c1-26(14-2-5-22-17(23-14)28-8-10-29-11-9-28)13-3-6-27(7-4-13)12-15-24-25-16(30-15)18(19,20)21/h2,5,13H,3-4,6-12H2,1H3. The molecule has 12 heteroatoms. The molecular formula is C18H24F3N7O2. The van der Waals surface area contributed by atoms with Crippen LogP contribution in [0.4, 0.5) is 24.9 Å². The van der Waals surface area contributed by atoms with E-state index in [1.165, 1.54) is 0 Å². The SMILES string of the molecule is CN(c1ccnc(N2CCOCC2)n1)C1CCN(Cc2nnc(C(F)(F)F)o2)CC1. The van der Waals surface area contributed by atoms with E-state index in [0.29, 0.717) is 19.2 Å². The Hall–Kier alpha value is -2.47. The first kappa shape index (κ1) is 20.8. The number of likely N-dealkylation sites (tertiary alicyclic amines) is 1. The third-order valence-electron chi connectivity index (χ3n) is 5.46. The van der Waals surface area contributed by atoms with Gasteiger partial charge < -0.3 is 19.0 Å². The summed E-state index contributed by atoms with van der Waals surface area (Å²) in [5, 5.41) is 6.59. The highest BCUT2D eigenvalue weighted by Gasteiger charge is 2.38. The molecule has 0 aromatic carbocycles. The van der Waals surface area contributed by atoms with Gasteiger partial charge in [0.2, 0.25) is 11.8 Å². The fraction of sp³-hybridized carbons (Fsp3) is 0.667. The number of alkyl halides is 3. The summed E-state index contributed by atoms with van der Waals surface area (Å²) in [6, 6.07) is 2.18. The molecular weight excluding hydrogens is 403 g/mol. The fourth-order valence-corrected chi connectivity index (χ4v) is 3.73. The minimum atomic E-state index is -4.61. The first-order chi connectivity index (χ1) is 14.4. The normalized spacial score (nSPS) is 19.3. The van der Waals surface area contributed by atoms with E-state index in [1.54, 1.807) is 6.20 Å². The minimum absolute atomic E-state index is 0.0138. The van der Waals surface area contributed by atoms with Crippen LogP contribution in [-0.2, 0) is 17.5 Å². The third kappa shape index (κ3) is 4.81. The molecule has 2 aromatic heterocycles. The number of anilines is 2. The summed E-state index contributed by atoms with van der Waals surface area (Å²) in [4.78, 5) is 15.4. The van der Waals surface area contributed by atoms with E-state index in [-0.39, 0.29) is 18.5 Å². The van der Waals surface area contributed by atoms with E-state index in [0.717, 1.165) is 44.8 Å². The Morgan fingerprint density at radius 3 is 2.53 bits per heavy atom. The van der Waals surface area contributed by atoms with E-state index in [9.17, 15) is 13.2 Å². The first-order valence-corrected chi connectivity index (χ1v) is 9.90. The van der Waals surface area contributed by atoms with Crippen LogP contribution in [0.25, 0.3) is 0 Å². The van der Waals surface area contributed by atoms with Gasteiger partial charge in [-0.2, -0.15) is 18.2 Å². The molecule has 0 unspecified atom stereocenters. The number of piperidine rings is 1. The predicted octanol–water partition coefficient (Wildman–Crippen LogP) is 1.82. The van der Waals surface area contributed by atoms with Gasteiger partial charge in [0.15, 0.2) is 0 Å². The maximum Gasteiger partial charge on any atom is 0.470 e. The van der Waals surface area contributed by atoms with Gasteiger partial charge in [0.1, 0.15) is 5.82 Å². The number of aromatic nitrogens is 4. The van der Waals surface area contributed by atoms with Crippen LogP contribution >= 0.6 is 0 Å². The van der Waals surface area contributed by atoms with Gasteiger partial charge in [-0.1, -0.05) is 0 Å². The number of ether oxygens (including phenoxy) is 1. The van der Waals surface area contributed by atoms with Crippen LogP contribution in [0.2, 0.25) is 0 Å². The summed E-state index contributed by atoms with van der Waals surface area (Å²) in [6.45, 7) is 4.56. The number of morpholine rings is 1. The number of halogens is 3. The first-order valence-electron chi connectivity index (χ1n) is 9.90. The van der Waals surface area contributed by atoms with E-state index in [1.807, 2.05) is 18.0 Å². The molecule has 30 heavy (non-hydrogen) atoms. The third-order valence-corrected chi connectivity index (χ3v) is 5.46. The van der Waals surface area contributed by atoms with Crippen molar-refractivity contribution in [3.05, 3.63) is 24.0 Å². The topological polar surface area (TPSA) is 83.7 Å². The lowest BCUT2D eigenvalue weighted by Crippen LogP contribution is -2.43. The van der Waals surface area contributed by atoms with Crippen molar-refractivity contribution < 1.29 is 22.3 Å². The smallest absolute Gasteiger partial charge is 0.416 e. The van der Waals surface area contributed by atoms with Gasteiger partial charge in [-0.25, -0.2) is 4.98 Å². The van der Waals surface area contributed by atoms with Gasteiger partial charge in [0.25, 0.3) is 0 Å². The van der Waals surface area contributed by atoms with Gasteiger partial charge in [0.05, 0.1) is 19.8 Å². The Labute approximate surface area is 171 Å². The molecule has 2 aliphatic heterocycles. The summed E-state index contributed by atoms with van der Waals surface area (Å²) in [5.41, 5.74) is 0. The maximum absolute atomic E-state index is 12.6. The van der Waals surface area contributed by atoms with Crippen LogP contribution in [-0.4, -0.2) is 77.5 Å². The zero-order valence-electron chi connectivity index (χ0n) is 16.7. The van der Waals surface area contributed by atoms with Gasteiger partial charge in [-0.3, -0.25) is 4.90 Å². The average Bonchev–Trinajstić information content (AvgIpc) is 3.24. The molecule has 0 N–H and O–H groups in total. The van der Waals surface area contributed by atoms with Crippen molar-refractivity contribution in [1.82, 2.24) is 25.1 Å². The predicted molar refractivity (Wildman–Crippen MR) is 101 cm³/mol. The molecule has 2 fully saturated rings. The van der Waals surface area contributed by atoms with Gasteiger partial charge >= 0.3 is 12.1 Å². The molecule has 2 saturated heterocycles.